The topological polar surface area (TPSA) is 33.0 Å². The van der Waals surface area contributed by atoms with E-state index in [2.05, 4.69) is 6.58 Å². The molecule has 1 fully saturated rings. The van der Waals surface area contributed by atoms with Gasteiger partial charge < -0.3 is 4.74 Å². The van der Waals surface area contributed by atoms with Gasteiger partial charge in [0.25, 0.3) is 0 Å². The van der Waals surface area contributed by atoms with Crippen LogP contribution in [0.25, 0.3) is 0 Å². The maximum atomic E-state index is 14.2. The van der Waals surface area contributed by atoms with Crippen LogP contribution >= 0.6 is 0 Å². The zero-order valence-electron chi connectivity index (χ0n) is 17.6. The number of benzene rings is 2. The fourth-order valence-corrected chi connectivity index (χ4v) is 4.26. The smallest absolute Gasteiger partial charge is 0.315 e. The Balaban J connectivity index is 1.50. The van der Waals surface area contributed by atoms with Gasteiger partial charge in [-0.15, -0.1) is 6.58 Å². The molecule has 0 atom stereocenters. The second-order valence-electron chi connectivity index (χ2n) is 8.35. The van der Waals surface area contributed by atoms with Crippen molar-refractivity contribution < 1.29 is 17.9 Å². The van der Waals surface area contributed by atoms with Gasteiger partial charge in [0.05, 0.1) is 18.6 Å². The van der Waals surface area contributed by atoms with Gasteiger partial charge in [-0.2, -0.15) is 14.0 Å². The summed E-state index contributed by atoms with van der Waals surface area (Å²) in [7, 11) is 0. The average Bonchev–Trinajstić information content (AvgIpc) is 2.77. The number of ether oxygens (including phenoxy) is 1. The molecule has 0 bridgehead atoms. The Kier molecular flexibility index (Phi) is 7.92. The molecule has 0 aliphatic heterocycles. The highest BCUT2D eigenvalue weighted by Crippen LogP contribution is 2.37. The van der Waals surface area contributed by atoms with Gasteiger partial charge >= 0.3 is 6.11 Å². The quantitative estimate of drug-likeness (QED) is 0.394. The summed E-state index contributed by atoms with van der Waals surface area (Å²) in [6, 6.07) is 12.9. The molecule has 164 valence electrons. The van der Waals surface area contributed by atoms with Crippen molar-refractivity contribution in [1.82, 2.24) is 0 Å². The zero-order chi connectivity index (χ0) is 22.3. The minimum Gasteiger partial charge on any atom is -0.315 e. The molecule has 5 heteroatoms. The summed E-state index contributed by atoms with van der Waals surface area (Å²) < 4.78 is 46.8. The van der Waals surface area contributed by atoms with E-state index in [9.17, 15) is 13.2 Å². The molecular weight excluding hydrogens is 399 g/mol. The highest BCUT2D eigenvalue weighted by Gasteiger charge is 2.31. The minimum atomic E-state index is -3.43. The van der Waals surface area contributed by atoms with Crippen LogP contribution in [0.3, 0.4) is 0 Å². The van der Waals surface area contributed by atoms with Gasteiger partial charge in [0.1, 0.15) is 11.9 Å². The fraction of sp³-hybridized carbons (Fsp3) is 0.423. The molecule has 1 aliphatic rings. The SMILES string of the molecule is C=CCCC1CCC(c2ccc(COC(F)(F)Cc3ccc(C#N)c(F)c3)cc2)CC1. The number of hydrogen-bond acceptors (Lipinski definition) is 2. The molecule has 0 spiro atoms. The average molecular weight is 428 g/mol. The largest absolute Gasteiger partial charge is 0.360 e. The van der Waals surface area contributed by atoms with Crippen LogP contribution in [-0.4, -0.2) is 6.11 Å². The van der Waals surface area contributed by atoms with Gasteiger partial charge in [0, 0.05) is 0 Å². The van der Waals surface area contributed by atoms with E-state index in [0.29, 0.717) is 11.5 Å². The Hall–Kier alpha value is -2.58. The molecule has 3 rings (SSSR count). The van der Waals surface area contributed by atoms with Crippen LogP contribution in [-0.2, 0) is 17.8 Å². The monoisotopic (exact) mass is 427 g/mol. The molecule has 0 heterocycles. The molecule has 0 amide bonds. The third-order valence-corrected chi connectivity index (χ3v) is 6.09. The predicted molar refractivity (Wildman–Crippen MR) is 115 cm³/mol. The molecule has 1 saturated carbocycles. The maximum Gasteiger partial charge on any atom is 0.360 e. The van der Waals surface area contributed by atoms with Crippen LogP contribution in [0.2, 0.25) is 0 Å². The van der Waals surface area contributed by atoms with E-state index in [0.717, 1.165) is 31.2 Å². The third kappa shape index (κ3) is 6.70. The molecule has 0 aromatic heterocycles. The first-order valence-electron chi connectivity index (χ1n) is 10.8. The Morgan fingerprint density at radius 3 is 2.35 bits per heavy atom. The van der Waals surface area contributed by atoms with E-state index in [4.69, 9.17) is 10.00 Å². The van der Waals surface area contributed by atoms with E-state index < -0.39 is 18.3 Å². The Bertz CT molecular complexity index is 909. The number of hydrogen-bond donors (Lipinski definition) is 0. The van der Waals surface area contributed by atoms with Gasteiger partial charge in [-0.25, -0.2) is 4.39 Å². The van der Waals surface area contributed by atoms with Gasteiger partial charge in [0.2, 0.25) is 0 Å². The van der Waals surface area contributed by atoms with Gasteiger partial charge in [-0.05, 0) is 79.2 Å². The molecule has 2 aromatic carbocycles. The number of nitriles is 1. The lowest BCUT2D eigenvalue weighted by atomic mass is 9.77. The lowest BCUT2D eigenvalue weighted by Gasteiger charge is -2.28. The van der Waals surface area contributed by atoms with Crippen molar-refractivity contribution in [2.45, 2.75) is 63.6 Å². The standard InChI is InChI=1S/C26H28F3NO/c1-2-3-4-19-5-10-22(11-6-19)23-12-7-20(8-13-23)18-31-26(28,29)16-21-9-14-24(17-30)25(27)15-21/h2,7-9,12-15,19,22H,1,3-6,10-11,16,18H2. The van der Waals surface area contributed by atoms with Crippen molar-refractivity contribution in [3.63, 3.8) is 0 Å². The van der Waals surface area contributed by atoms with Crippen LogP contribution < -0.4 is 0 Å². The Morgan fingerprint density at radius 1 is 1.06 bits per heavy atom. The predicted octanol–water partition coefficient (Wildman–Crippen LogP) is 7.29. The molecular formula is C26H28F3NO. The molecule has 0 radical (unpaired) electrons. The molecule has 0 unspecified atom stereocenters. The summed E-state index contributed by atoms with van der Waals surface area (Å²) >= 11 is 0. The van der Waals surface area contributed by atoms with E-state index >= 15 is 0 Å². The maximum absolute atomic E-state index is 14.2. The number of allylic oxidation sites excluding steroid dienone is 1. The van der Waals surface area contributed by atoms with E-state index in [1.165, 1.54) is 37.0 Å². The van der Waals surface area contributed by atoms with E-state index in [1.807, 2.05) is 30.3 Å². The van der Waals surface area contributed by atoms with Crippen molar-refractivity contribution in [1.29, 1.82) is 5.26 Å². The van der Waals surface area contributed by atoms with Crippen LogP contribution in [0.1, 0.15) is 66.7 Å². The highest BCUT2D eigenvalue weighted by molar-refractivity contribution is 5.33. The van der Waals surface area contributed by atoms with Gasteiger partial charge in [-0.1, -0.05) is 36.4 Å². The van der Waals surface area contributed by atoms with Crippen LogP contribution in [0.5, 0.6) is 0 Å². The van der Waals surface area contributed by atoms with Crippen LogP contribution in [0, 0.1) is 23.1 Å². The fourth-order valence-electron chi connectivity index (χ4n) is 4.26. The number of rotatable bonds is 9. The van der Waals surface area contributed by atoms with Gasteiger partial charge in [0.15, 0.2) is 0 Å². The molecule has 2 nitrogen and oxygen atoms in total. The zero-order valence-corrected chi connectivity index (χ0v) is 17.6. The summed E-state index contributed by atoms with van der Waals surface area (Å²) in [5, 5.41) is 8.73. The minimum absolute atomic E-state index is 0.0838. The molecule has 2 aromatic rings. The van der Waals surface area contributed by atoms with Crippen molar-refractivity contribution in [2.75, 3.05) is 0 Å². The molecule has 31 heavy (non-hydrogen) atoms. The lowest BCUT2D eigenvalue weighted by molar-refractivity contribution is -0.244. The second kappa shape index (κ2) is 10.6. The van der Waals surface area contributed by atoms with Crippen molar-refractivity contribution >= 4 is 0 Å². The van der Waals surface area contributed by atoms with Crippen molar-refractivity contribution in [3.05, 3.63) is 83.2 Å². The van der Waals surface area contributed by atoms with E-state index in [1.54, 1.807) is 6.07 Å². The highest BCUT2D eigenvalue weighted by atomic mass is 19.3. The van der Waals surface area contributed by atoms with Crippen molar-refractivity contribution in [3.8, 4) is 6.07 Å². The summed E-state index contributed by atoms with van der Waals surface area (Å²) in [5.41, 5.74) is 1.85. The first kappa shape index (κ1) is 23.1. The Labute approximate surface area is 182 Å². The summed E-state index contributed by atoms with van der Waals surface area (Å²) in [4.78, 5) is 0. The summed E-state index contributed by atoms with van der Waals surface area (Å²) in [5.74, 6) is 0.512. The number of nitrogens with zero attached hydrogens (tertiary/aromatic N) is 1. The van der Waals surface area contributed by atoms with Crippen LogP contribution in [0.15, 0.2) is 55.1 Å². The molecule has 1 aliphatic carbocycles. The summed E-state index contributed by atoms with van der Waals surface area (Å²) in [6.07, 6.45) is 4.89. The third-order valence-electron chi connectivity index (χ3n) is 6.09. The first-order valence-corrected chi connectivity index (χ1v) is 10.8. The van der Waals surface area contributed by atoms with Crippen LogP contribution in [0.4, 0.5) is 13.2 Å². The lowest BCUT2D eigenvalue weighted by Crippen LogP contribution is -2.24. The molecule has 0 saturated heterocycles. The van der Waals surface area contributed by atoms with Crippen molar-refractivity contribution in [2.24, 2.45) is 5.92 Å². The molecule has 0 N–H and O–H groups in total. The van der Waals surface area contributed by atoms with E-state index in [-0.39, 0.29) is 17.7 Å². The Morgan fingerprint density at radius 2 is 1.74 bits per heavy atom. The second-order valence-corrected chi connectivity index (χ2v) is 8.35. The normalized spacial score (nSPS) is 19.0. The number of alkyl halides is 2. The first-order chi connectivity index (χ1) is 14.9. The van der Waals surface area contributed by atoms with Gasteiger partial charge in [-0.3, -0.25) is 0 Å². The number of halogens is 3. The summed E-state index contributed by atoms with van der Waals surface area (Å²) in [6.45, 7) is 3.57.